The van der Waals surface area contributed by atoms with E-state index in [-0.39, 0.29) is 19.0 Å². The van der Waals surface area contributed by atoms with Gasteiger partial charge in [-0.25, -0.2) is 0 Å². The van der Waals surface area contributed by atoms with Crippen molar-refractivity contribution in [2.24, 2.45) is 5.73 Å². The van der Waals surface area contributed by atoms with E-state index in [1.165, 1.54) is 0 Å². The fraction of sp³-hybridized carbons (Fsp3) is 0.625. The zero-order valence-corrected chi connectivity index (χ0v) is 8.07. The van der Waals surface area contributed by atoms with Crippen LogP contribution in [0.1, 0.15) is 24.6 Å². The van der Waals surface area contributed by atoms with E-state index < -0.39 is 0 Å². The van der Waals surface area contributed by atoms with Crippen molar-refractivity contribution in [1.82, 2.24) is 9.78 Å². The largest absolute Gasteiger partial charge is 0.390 e. The predicted molar refractivity (Wildman–Crippen MR) is 51.6 cm³/mol. The Morgan fingerprint density at radius 1 is 1.62 bits per heavy atom. The minimum absolute atomic E-state index is 0. The third-order valence-corrected chi connectivity index (χ3v) is 2.35. The van der Waals surface area contributed by atoms with E-state index in [9.17, 15) is 0 Å². The molecule has 0 aliphatic heterocycles. The van der Waals surface area contributed by atoms with Crippen molar-refractivity contribution in [1.29, 1.82) is 0 Å². The van der Waals surface area contributed by atoms with Crippen molar-refractivity contribution in [3.05, 3.63) is 18.0 Å². The molecule has 1 heterocycles. The molecule has 1 saturated carbocycles. The number of rotatable bonds is 2. The molecular weight excluding hydrogens is 190 g/mol. The van der Waals surface area contributed by atoms with Crippen LogP contribution in [-0.4, -0.2) is 20.9 Å². The van der Waals surface area contributed by atoms with Gasteiger partial charge in [0.15, 0.2) is 0 Å². The lowest BCUT2D eigenvalue weighted by molar-refractivity contribution is 0.238. The van der Waals surface area contributed by atoms with Gasteiger partial charge in [-0.2, -0.15) is 5.10 Å². The van der Waals surface area contributed by atoms with Gasteiger partial charge in [-0.15, -0.1) is 12.4 Å². The molecule has 5 heteroatoms. The molecule has 0 radical (unpaired) electrons. The molecule has 0 unspecified atom stereocenters. The van der Waals surface area contributed by atoms with Crippen LogP contribution >= 0.6 is 12.4 Å². The second-order valence-electron chi connectivity index (χ2n) is 3.33. The average molecular weight is 204 g/mol. The Balaban J connectivity index is 0.000000845. The summed E-state index contributed by atoms with van der Waals surface area (Å²) in [5, 5.41) is 13.0. The molecule has 1 aromatic heterocycles. The van der Waals surface area contributed by atoms with Crippen LogP contribution in [0.5, 0.6) is 0 Å². The molecule has 74 valence electrons. The first-order valence-electron chi connectivity index (χ1n) is 4.20. The van der Waals surface area contributed by atoms with Crippen LogP contribution in [0, 0.1) is 0 Å². The normalized spacial score (nSPS) is 26.3. The zero-order chi connectivity index (χ0) is 8.55. The highest BCUT2D eigenvalue weighted by Crippen LogP contribution is 2.29. The monoisotopic (exact) mass is 203 g/mol. The highest BCUT2D eigenvalue weighted by atomic mass is 35.5. The fourth-order valence-electron chi connectivity index (χ4n) is 1.51. The van der Waals surface area contributed by atoms with Crippen molar-refractivity contribution >= 4 is 12.4 Å². The lowest BCUT2D eigenvalue weighted by Gasteiger charge is -2.32. The molecule has 0 atom stereocenters. The summed E-state index contributed by atoms with van der Waals surface area (Å²) < 4.78 is 1.90. The molecule has 2 rings (SSSR count). The van der Waals surface area contributed by atoms with Crippen molar-refractivity contribution in [3.8, 4) is 0 Å². The molecule has 0 aromatic carbocycles. The standard InChI is InChI=1S/C8H13N3O.ClH/c9-6-3-8(4-6)11-2-1-7(5-12)10-11;/h1-2,6,8,12H,3-5,9H2;1H/t6-,8+;. The van der Waals surface area contributed by atoms with Crippen molar-refractivity contribution in [2.45, 2.75) is 31.5 Å². The van der Waals surface area contributed by atoms with E-state index in [0.717, 1.165) is 18.5 Å². The number of aliphatic hydroxyl groups is 1. The Kier molecular flexibility index (Phi) is 3.30. The Morgan fingerprint density at radius 3 is 2.77 bits per heavy atom. The van der Waals surface area contributed by atoms with Gasteiger partial charge >= 0.3 is 0 Å². The van der Waals surface area contributed by atoms with E-state index in [1.807, 2.05) is 16.9 Å². The maximum Gasteiger partial charge on any atom is 0.0879 e. The Bertz CT molecular complexity index is 270. The first kappa shape index (κ1) is 10.5. The molecule has 1 aromatic rings. The van der Waals surface area contributed by atoms with Gasteiger partial charge in [0.1, 0.15) is 0 Å². The maximum absolute atomic E-state index is 8.77. The van der Waals surface area contributed by atoms with Crippen LogP contribution in [-0.2, 0) is 6.61 Å². The number of aromatic nitrogens is 2. The third-order valence-electron chi connectivity index (χ3n) is 2.35. The summed E-state index contributed by atoms with van der Waals surface area (Å²) in [5.74, 6) is 0. The van der Waals surface area contributed by atoms with Crippen LogP contribution in [0.15, 0.2) is 12.3 Å². The molecule has 1 fully saturated rings. The van der Waals surface area contributed by atoms with Gasteiger partial charge in [-0.1, -0.05) is 0 Å². The Labute approximate surface area is 83.1 Å². The van der Waals surface area contributed by atoms with E-state index in [2.05, 4.69) is 5.10 Å². The van der Waals surface area contributed by atoms with Crippen LogP contribution in [0.4, 0.5) is 0 Å². The molecular formula is C8H14ClN3O. The van der Waals surface area contributed by atoms with Crippen LogP contribution in [0.2, 0.25) is 0 Å². The van der Waals surface area contributed by atoms with Gasteiger partial charge < -0.3 is 10.8 Å². The molecule has 1 aliphatic rings. The predicted octanol–water partition coefficient (Wildman–Crippen LogP) is 0.459. The van der Waals surface area contributed by atoms with Crippen LogP contribution in [0.25, 0.3) is 0 Å². The Hall–Kier alpha value is -0.580. The van der Waals surface area contributed by atoms with Crippen molar-refractivity contribution < 1.29 is 5.11 Å². The summed E-state index contributed by atoms with van der Waals surface area (Å²) in [6.07, 6.45) is 3.92. The molecule has 0 amide bonds. The van der Waals surface area contributed by atoms with E-state index in [1.54, 1.807) is 0 Å². The van der Waals surface area contributed by atoms with Crippen LogP contribution < -0.4 is 5.73 Å². The number of nitrogens with two attached hydrogens (primary N) is 1. The number of hydrogen-bond donors (Lipinski definition) is 2. The molecule has 3 N–H and O–H groups in total. The molecule has 0 saturated heterocycles. The summed E-state index contributed by atoms with van der Waals surface area (Å²) >= 11 is 0. The minimum Gasteiger partial charge on any atom is -0.390 e. The Morgan fingerprint density at radius 2 is 2.31 bits per heavy atom. The fourth-order valence-corrected chi connectivity index (χ4v) is 1.51. The lowest BCUT2D eigenvalue weighted by Crippen LogP contribution is -2.37. The quantitative estimate of drug-likeness (QED) is 0.734. The molecule has 1 aliphatic carbocycles. The highest BCUT2D eigenvalue weighted by Gasteiger charge is 2.27. The smallest absolute Gasteiger partial charge is 0.0879 e. The summed E-state index contributed by atoms with van der Waals surface area (Å²) in [6, 6.07) is 2.64. The SMILES string of the molecule is Cl.N[C@H]1C[C@@H](n2ccc(CO)n2)C1. The summed E-state index contributed by atoms with van der Waals surface area (Å²) in [5.41, 5.74) is 6.39. The van der Waals surface area contributed by atoms with E-state index in [4.69, 9.17) is 10.8 Å². The zero-order valence-electron chi connectivity index (χ0n) is 7.26. The van der Waals surface area contributed by atoms with Gasteiger partial charge in [0, 0.05) is 12.2 Å². The van der Waals surface area contributed by atoms with E-state index >= 15 is 0 Å². The van der Waals surface area contributed by atoms with Crippen LogP contribution in [0.3, 0.4) is 0 Å². The maximum atomic E-state index is 8.77. The first-order valence-corrected chi connectivity index (χ1v) is 4.20. The molecule has 0 spiro atoms. The lowest BCUT2D eigenvalue weighted by atomic mass is 9.88. The van der Waals surface area contributed by atoms with Gasteiger partial charge in [-0.3, -0.25) is 4.68 Å². The topological polar surface area (TPSA) is 64.1 Å². The molecule has 13 heavy (non-hydrogen) atoms. The second kappa shape index (κ2) is 4.09. The number of nitrogens with zero attached hydrogens (tertiary/aromatic N) is 2. The van der Waals surface area contributed by atoms with Gasteiger partial charge in [0.25, 0.3) is 0 Å². The van der Waals surface area contributed by atoms with Crippen molar-refractivity contribution in [3.63, 3.8) is 0 Å². The van der Waals surface area contributed by atoms with Gasteiger partial charge in [-0.05, 0) is 18.9 Å². The van der Waals surface area contributed by atoms with E-state index in [0.29, 0.717) is 12.1 Å². The summed E-state index contributed by atoms with van der Waals surface area (Å²) in [6.45, 7) is 0.0196. The second-order valence-corrected chi connectivity index (χ2v) is 3.33. The van der Waals surface area contributed by atoms with Gasteiger partial charge in [0.2, 0.25) is 0 Å². The van der Waals surface area contributed by atoms with Gasteiger partial charge in [0.05, 0.1) is 18.3 Å². The number of halogens is 1. The first-order chi connectivity index (χ1) is 5.79. The number of aliphatic hydroxyl groups excluding tert-OH is 1. The average Bonchev–Trinajstić information content (AvgIpc) is 2.46. The minimum atomic E-state index is 0. The third kappa shape index (κ3) is 2.02. The molecule has 4 nitrogen and oxygen atoms in total. The number of hydrogen-bond acceptors (Lipinski definition) is 3. The summed E-state index contributed by atoms with van der Waals surface area (Å²) in [4.78, 5) is 0. The highest BCUT2D eigenvalue weighted by molar-refractivity contribution is 5.85. The molecule has 0 bridgehead atoms. The van der Waals surface area contributed by atoms with Crippen molar-refractivity contribution in [2.75, 3.05) is 0 Å². The summed E-state index contributed by atoms with van der Waals surface area (Å²) in [7, 11) is 0.